The maximum Gasteiger partial charge on any atom is 0.325 e. The molecule has 0 unspecified atom stereocenters. The van der Waals surface area contributed by atoms with E-state index in [9.17, 15) is 14.4 Å². The molecule has 2 atom stereocenters. The van der Waals surface area contributed by atoms with Gasteiger partial charge in [-0.25, -0.2) is 0 Å². The predicted molar refractivity (Wildman–Crippen MR) is 109 cm³/mol. The van der Waals surface area contributed by atoms with E-state index in [1.54, 1.807) is 35.1 Å². The fraction of sp³-hybridized carbons (Fsp3) is 0.368. The first-order valence-corrected chi connectivity index (χ1v) is 8.93. The summed E-state index contributed by atoms with van der Waals surface area (Å²) in [5.41, 5.74) is 2.02. The standard InChI is InChI=1S/C19H23N5O4.ClH/c1-24-11-13(7-22-24)15-8-20-9-16(15)19(27)23-14-5-3-12(4-6-14)18(26)21-10-17(25)28-2;/h3-7,11,15-16,20H,8-10H2,1-2H3,(H,21,26)(H,23,27);1H/t15-,16+;/m1./s1. The summed E-state index contributed by atoms with van der Waals surface area (Å²) in [4.78, 5) is 35.8. The summed E-state index contributed by atoms with van der Waals surface area (Å²) < 4.78 is 6.21. The Labute approximate surface area is 174 Å². The van der Waals surface area contributed by atoms with Crippen molar-refractivity contribution in [3.05, 3.63) is 47.8 Å². The Morgan fingerprint density at radius 2 is 1.97 bits per heavy atom. The number of ether oxygens (including phenoxy) is 1. The van der Waals surface area contributed by atoms with Crippen LogP contribution in [0.3, 0.4) is 0 Å². The van der Waals surface area contributed by atoms with E-state index in [0.29, 0.717) is 17.8 Å². The topological polar surface area (TPSA) is 114 Å². The van der Waals surface area contributed by atoms with Gasteiger partial charge < -0.3 is 20.7 Å². The summed E-state index contributed by atoms with van der Waals surface area (Å²) in [6.07, 6.45) is 3.72. The summed E-state index contributed by atoms with van der Waals surface area (Å²) in [7, 11) is 3.11. The third-order valence-electron chi connectivity index (χ3n) is 4.74. The van der Waals surface area contributed by atoms with Gasteiger partial charge in [0.1, 0.15) is 6.54 Å². The van der Waals surface area contributed by atoms with Crippen molar-refractivity contribution in [2.45, 2.75) is 5.92 Å². The van der Waals surface area contributed by atoms with E-state index in [-0.39, 0.29) is 42.6 Å². The van der Waals surface area contributed by atoms with Crippen LogP contribution < -0.4 is 16.0 Å². The Hall–Kier alpha value is -2.91. The molecule has 2 amide bonds. The van der Waals surface area contributed by atoms with Gasteiger partial charge in [0.15, 0.2) is 0 Å². The van der Waals surface area contributed by atoms with Crippen LogP contribution in [-0.2, 0) is 21.4 Å². The van der Waals surface area contributed by atoms with Crippen LogP contribution in [0.15, 0.2) is 36.7 Å². The van der Waals surface area contributed by atoms with Crippen molar-refractivity contribution in [1.82, 2.24) is 20.4 Å². The van der Waals surface area contributed by atoms with Crippen LogP contribution in [0.2, 0.25) is 0 Å². The highest BCUT2D eigenvalue weighted by Gasteiger charge is 2.34. The third kappa shape index (κ3) is 5.55. The van der Waals surface area contributed by atoms with Crippen molar-refractivity contribution in [3.8, 4) is 0 Å². The molecule has 0 aliphatic carbocycles. The largest absolute Gasteiger partial charge is 0.468 e. The normalized spacial score (nSPS) is 17.9. The second kappa shape index (κ2) is 10.0. The van der Waals surface area contributed by atoms with Gasteiger partial charge in [0.25, 0.3) is 5.91 Å². The minimum Gasteiger partial charge on any atom is -0.468 e. The Morgan fingerprint density at radius 3 is 2.59 bits per heavy atom. The Morgan fingerprint density at radius 1 is 1.24 bits per heavy atom. The molecule has 3 rings (SSSR count). The van der Waals surface area contributed by atoms with Crippen molar-refractivity contribution in [2.24, 2.45) is 13.0 Å². The van der Waals surface area contributed by atoms with Gasteiger partial charge in [0.2, 0.25) is 5.91 Å². The predicted octanol–water partition coefficient (Wildman–Crippen LogP) is 0.686. The van der Waals surface area contributed by atoms with Crippen molar-refractivity contribution in [2.75, 3.05) is 32.1 Å². The Balaban J connectivity index is 0.00000300. The van der Waals surface area contributed by atoms with Crippen molar-refractivity contribution in [3.63, 3.8) is 0 Å². The maximum atomic E-state index is 12.7. The molecule has 1 aromatic heterocycles. The summed E-state index contributed by atoms with van der Waals surface area (Å²) in [6.45, 7) is 1.13. The molecule has 2 aromatic rings. The van der Waals surface area contributed by atoms with Crippen molar-refractivity contribution in [1.29, 1.82) is 0 Å². The minimum absolute atomic E-state index is 0. The second-order valence-electron chi connectivity index (χ2n) is 6.64. The molecule has 2 heterocycles. The van der Waals surface area contributed by atoms with Crippen LogP contribution in [-0.4, -0.2) is 54.3 Å². The lowest BCUT2D eigenvalue weighted by atomic mass is 9.90. The van der Waals surface area contributed by atoms with Gasteiger partial charge >= 0.3 is 5.97 Å². The van der Waals surface area contributed by atoms with E-state index in [1.165, 1.54) is 7.11 Å². The molecule has 1 aliphatic heterocycles. The van der Waals surface area contributed by atoms with E-state index in [0.717, 1.165) is 12.1 Å². The summed E-state index contributed by atoms with van der Waals surface area (Å²) in [5.74, 6) is -1.13. The average molecular weight is 422 g/mol. The van der Waals surface area contributed by atoms with Gasteiger partial charge in [0.05, 0.1) is 19.2 Å². The highest BCUT2D eigenvalue weighted by atomic mass is 35.5. The molecule has 0 radical (unpaired) electrons. The number of rotatable bonds is 6. The highest BCUT2D eigenvalue weighted by molar-refractivity contribution is 5.97. The number of methoxy groups -OCH3 is 1. The quantitative estimate of drug-likeness (QED) is 0.591. The molecule has 0 bridgehead atoms. The van der Waals surface area contributed by atoms with Gasteiger partial charge in [0, 0.05) is 43.5 Å². The number of carbonyl (C=O) groups excluding carboxylic acids is 3. The van der Waals surface area contributed by atoms with E-state index in [4.69, 9.17) is 0 Å². The number of benzene rings is 1. The summed E-state index contributed by atoms with van der Waals surface area (Å²) in [6, 6.07) is 6.50. The number of amides is 2. The van der Waals surface area contributed by atoms with Crippen LogP contribution in [0.25, 0.3) is 0 Å². The maximum absolute atomic E-state index is 12.7. The van der Waals surface area contributed by atoms with Gasteiger partial charge in [-0.15, -0.1) is 12.4 Å². The molecule has 9 nitrogen and oxygen atoms in total. The molecule has 10 heteroatoms. The number of halogens is 1. The lowest BCUT2D eigenvalue weighted by molar-refractivity contribution is -0.139. The lowest BCUT2D eigenvalue weighted by Gasteiger charge is -2.17. The van der Waals surface area contributed by atoms with E-state index in [1.807, 2.05) is 13.2 Å². The molecular weight excluding hydrogens is 398 g/mol. The van der Waals surface area contributed by atoms with Gasteiger partial charge in [-0.3, -0.25) is 19.1 Å². The first kappa shape index (κ1) is 22.4. The number of nitrogens with zero attached hydrogens (tertiary/aromatic N) is 2. The number of hydrogen-bond donors (Lipinski definition) is 3. The van der Waals surface area contributed by atoms with Crippen LogP contribution in [0, 0.1) is 5.92 Å². The average Bonchev–Trinajstić information content (AvgIpc) is 3.35. The zero-order chi connectivity index (χ0) is 20.1. The van der Waals surface area contributed by atoms with E-state index >= 15 is 0 Å². The molecule has 156 valence electrons. The Kier molecular flexibility index (Phi) is 7.74. The van der Waals surface area contributed by atoms with Gasteiger partial charge in [-0.1, -0.05) is 0 Å². The molecule has 0 spiro atoms. The number of hydrogen-bond acceptors (Lipinski definition) is 6. The molecule has 1 aromatic carbocycles. The van der Waals surface area contributed by atoms with Gasteiger partial charge in [-0.2, -0.15) is 5.10 Å². The molecule has 1 aliphatic rings. The smallest absolute Gasteiger partial charge is 0.325 e. The molecule has 1 fully saturated rings. The lowest BCUT2D eigenvalue weighted by Crippen LogP contribution is -2.30. The molecule has 29 heavy (non-hydrogen) atoms. The molecular formula is C19H24ClN5O4. The zero-order valence-electron chi connectivity index (χ0n) is 16.2. The van der Waals surface area contributed by atoms with Crippen molar-refractivity contribution >= 4 is 35.9 Å². The number of anilines is 1. The Bertz CT molecular complexity index is 868. The number of aromatic nitrogens is 2. The first-order chi connectivity index (χ1) is 13.5. The molecule has 3 N–H and O–H groups in total. The summed E-state index contributed by atoms with van der Waals surface area (Å²) in [5, 5.41) is 12.8. The van der Waals surface area contributed by atoms with Crippen LogP contribution in [0.5, 0.6) is 0 Å². The first-order valence-electron chi connectivity index (χ1n) is 8.93. The highest BCUT2D eigenvalue weighted by Crippen LogP contribution is 2.28. The van der Waals surface area contributed by atoms with E-state index in [2.05, 4.69) is 25.8 Å². The number of nitrogens with one attached hydrogen (secondary N) is 3. The number of carbonyl (C=O) groups is 3. The van der Waals surface area contributed by atoms with E-state index < -0.39 is 5.97 Å². The second-order valence-corrected chi connectivity index (χ2v) is 6.64. The number of esters is 1. The molecule has 1 saturated heterocycles. The zero-order valence-corrected chi connectivity index (χ0v) is 17.0. The fourth-order valence-corrected chi connectivity index (χ4v) is 3.20. The minimum atomic E-state index is -0.523. The monoisotopic (exact) mass is 421 g/mol. The third-order valence-corrected chi connectivity index (χ3v) is 4.74. The van der Waals surface area contributed by atoms with Crippen LogP contribution in [0.1, 0.15) is 21.8 Å². The SMILES string of the molecule is COC(=O)CNC(=O)c1ccc(NC(=O)[C@H]2CNC[C@@H]2c2cnn(C)c2)cc1.Cl. The van der Waals surface area contributed by atoms with Crippen LogP contribution in [0.4, 0.5) is 5.69 Å². The molecule has 0 saturated carbocycles. The summed E-state index contributed by atoms with van der Waals surface area (Å²) >= 11 is 0. The van der Waals surface area contributed by atoms with Crippen molar-refractivity contribution < 1.29 is 19.1 Å². The fourth-order valence-electron chi connectivity index (χ4n) is 3.20. The number of aryl methyl sites for hydroxylation is 1. The van der Waals surface area contributed by atoms with Gasteiger partial charge in [-0.05, 0) is 29.8 Å². The van der Waals surface area contributed by atoms with Crippen LogP contribution >= 0.6 is 12.4 Å².